The van der Waals surface area contributed by atoms with E-state index in [1.165, 1.54) is 12.1 Å². The van der Waals surface area contributed by atoms with Crippen molar-refractivity contribution >= 4 is 61.5 Å². The van der Waals surface area contributed by atoms with Gasteiger partial charge in [-0.2, -0.15) is 0 Å². The van der Waals surface area contributed by atoms with Crippen molar-refractivity contribution in [2.75, 3.05) is 31.1 Å². The highest BCUT2D eigenvalue weighted by Crippen LogP contribution is 2.44. The summed E-state index contributed by atoms with van der Waals surface area (Å²) in [5.74, 6) is -2.59. The van der Waals surface area contributed by atoms with Gasteiger partial charge in [0.2, 0.25) is 5.36 Å². The number of hydrogen-bond acceptors (Lipinski definition) is 6. The molecule has 250 valence electrons. The number of nitrogens with zero attached hydrogens (tertiary/aromatic N) is 2. The number of fused-ring (bicyclic) bond motifs is 4. The third kappa shape index (κ3) is 5.43. The number of rotatable bonds is 9. The Labute approximate surface area is 288 Å². The maximum Gasteiger partial charge on any atom is 0.368 e. The van der Waals surface area contributed by atoms with Crippen LogP contribution in [0, 0.1) is 0 Å². The lowest BCUT2D eigenvalue weighted by molar-refractivity contribution is -0.256. The molecule has 2 aromatic heterocycles. The van der Waals surface area contributed by atoms with Crippen LogP contribution < -0.4 is 25.0 Å². The summed E-state index contributed by atoms with van der Waals surface area (Å²) in [5, 5.41) is 28.7. The van der Waals surface area contributed by atoms with Gasteiger partial charge >= 0.3 is 11.2 Å². The Morgan fingerprint density at radius 3 is 1.80 bits per heavy atom. The molecule has 0 unspecified atom stereocenters. The van der Waals surface area contributed by atoms with Gasteiger partial charge in [-0.1, -0.05) is 48.5 Å². The van der Waals surface area contributed by atoms with Gasteiger partial charge in [-0.3, -0.25) is 0 Å². The summed E-state index contributed by atoms with van der Waals surface area (Å²) in [6.07, 6.45) is 0. The Hall–Kier alpha value is -6.02. The van der Waals surface area contributed by atoms with E-state index in [0.717, 1.165) is 48.0 Å². The van der Waals surface area contributed by atoms with Crippen LogP contribution in [0.3, 0.4) is 0 Å². The van der Waals surface area contributed by atoms with Gasteiger partial charge in [0.15, 0.2) is 0 Å². The van der Waals surface area contributed by atoms with Crippen LogP contribution in [0.4, 0.5) is 5.69 Å². The second-order valence-corrected chi connectivity index (χ2v) is 12.2. The highest BCUT2D eigenvalue weighted by atomic mass is 16.4. The second kappa shape index (κ2) is 13.1. The molecule has 7 rings (SSSR count). The number of carboxylic acids is 2. The van der Waals surface area contributed by atoms with Crippen molar-refractivity contribution < 1.29 is 28.6 Å². The molecular weight excluding hydrogens is 628 g/mol. The zero-order valence-corrected chi connectivity index (χ0v) is 28.4. The average molecular weight is 665 g/mol. The first-order valence-corrected chi connectivity index (χ1v) is 17.0. The third-order valence-corrected chi connectivity index (χ3v) is 9.62. The lowest BCUT2D eigenvalue weighted by atomic mass is 9.90. The molecule has 5 aromatic carbocycles. The minimum atomic E-state index is -1.29. The summed E-state index contributed by atoms with van der Waals surface area (Å²) in [4.78, 5) is 27.2. The first-order valence-electron chi connectivity index (χ1n) is 17.0. The molecule has 0 atom stereocenters. The summed E-state index contributed by atoms with van der Waals surface area (Å²) in [6, 6.07) is 29.2. The summed E-state index contributed by atoms with van der Waals surface area (Å²) < 4.78 is 15.5. The van der Waals surface area contributed by atoms with Crippen molar-refractivity contribution in [3.05, 3.63) is 114 Å². The summed E-state index contributed by atoms with van der Waals surface area (Å²) in [5.41, 5.74) is 5.46. The molecule has 0 aliphatic heterocycles. The Kier molecular flexibility index (Phi) is 8.53. The molecule has 0 saturated carbocycles. The second-order valence-electron chi connectivity index (χ2n) is 12.2. The van der Waals surface area contributed by atoms with Gasteiger partial charge in [-0.25, -0.2) is 8.99 Å². The highest BCUT2D eigenvalue weighted by molar-refractivity contribution is 6.18. The van der Waals surface area contributed by atoms with Crippen LogP contribution in [0.25, 0.3) is 66.1 Å². The van der Waals surface area contributed by atoms with E-state index in [9.17, 15) is 19.8 Å². The van der Waals surface area contributed by atoms with Gasteiger partial charge in [0.1, 0.15) is 30.3 Å². The SMILES string of the molecule is CCN(CC)c1ccc2c(-c3ccccc3C(=O)[O-])c3cc4c(-c5ccccc5C(=O)[O-])c5ccc(=[N+](CC)CC)cc5[o+]c4cc3oc2c1. The number of carbonyl (C=O) groups is 2. The number of hydrogen-bond donors (Lipinski definition) is 0. The molecule has 0 saturated heterocycles. The van der Waals surface area contributed by atoms with Crippen molar-refractivity contribution in [2.24, 2.45) is 0 Å². The Bertz CT molecular complexity index is 2560. The van der Waals surface area contributed by atoms with Crippen LogP contribution in [0.15, 0.2) is 106 Å². The first-order chi connectivity index (χ1) is 24.3. The Balaban J connectivity index is 1.69. The van der Waals surface area contributed by atoms with Crippen molar-refractivity contribution in [2.45, 2.75) is 27.7 Å². The van der Waals surface area contributed by atoms with Crippen LogP contribution in [-0.4, -0.2) is 38.1 Å². The van der Waals surface area contributed by atoms with Gasteiger partial charge in [-0.05, 0) is 63.1 Å². The Morgan fingerprint density at radius 1 is 0.640 bits per heavy atom. The predicted molar refractivity (Wildman–Crippen MR) is 195 cm³/mol. The molecule has 7 aromatic rings. The van der Waals surface area contributed by atoms with Crippen LogP contribution in [-0.2, 0) is 0 Å². The summed E-state index contributed by atoms with van der Waals surface area (Å²) >= 11 is 0. The number of carboxylic acid groups (broad SMARTS) is 2. The fourth-order valence-electron chi connectivity index (χ4n) is 7.16. The van der Waals surface area contributed by atoms with Gasteiger partial charge in [0.25, 0.3) is 0 Å². The molecule has 0 bridgehead atoms. The maximum absolute atomic E-state index is 12.5. The maximum atomic E-state index is 12.5. The van der Waals surface area contributed by atoms with Crippen LogP contribution in [0.1, 0.15) is 48.4 Å². The van der Waals surface area contributed by atoms with Crippen molar-refractivity contribution in [3.63, 3.8) is 0 Å². The molecular formula is C42H36N2O6. The molecule has 0 aliphatic carbocycles. The molecule has 8 nitrogen and oxygen atoms in total. The van der Waals surface area contributed by atoms with Gasteiger partial charge in [-0.15, -0.1) is 0 Å². The molecule has 8 heteroatoms. The molecule has 2 heterocycles. The van der Waals surface area contributed by atoms with E-state index in [1.807, 2.05) is 48.5 Å². The monoisotopic (exact) mass is 664 g/mol. The molecule has 0 N–H and O–H groups in total. The summed E-state index contributed by atoms with van der Waals surface area (Å²) in [7, 11) is 0. The van der Waals surface area contributed by atoms with Gasteiger partial charge in [0, 0.05) is 63.9 Å². The fraction of sp³-hybridized carbons (Fsp3) is 0.190. The lowest BCUT2D eigenvalue weighted by Gasteiger charge is -2.22. The Morgan fingerprint density at radius 2 is 1.20 bits per heavy atom. The normalized spacial score (nSPS) is 11.4. The first kappa shape index (κ1) is 32.5. The van der Waals surface area contributed by atoms with Crippen LogP contribution >= 0.6 is 0 Å². The van der Waals surface area contributed by atoms with E-state index < -0.39 is 11.9 Å². The zero-order chi connectivity index (χ0) is 35.1. The fourth-order valence-corrected chi connectivity index (χ4v) is 7.16. The van der Waals surface area contributed by atoms with Crippen molar-refractivity contribution in [3.8, 4) is 22.3 Å². The van der Waals surface area contributed by atoms with E-state index in [-0.39, 0.29) is 11.1 Å². The molecule has 50 heavy (non-hydrogen) atoms. The minimum absolute atomic E-state index is 0.0452. The number of carbonyl (C=O) groups excluding carboxylic acids is 2. The number of benzene rings is 5. The molecule has 0 aliphatic rings. The van der Waals surface area contributed by atoms with E-state index >= 15 is 0 Å². The van der Waals surface area contributed by atoms with Gasteiger partial charge < -0.3 is 29.1 Å². The number of aromatic carboxylic acids is 2. The zero-order valence-electron chi connectivity index (χ0n) is 28.4. The summed E-state index contributed by atoms with van der Waals surface area (Å²) in [6.45, 7) is 11.6. The number of anilines is 1. The standard InChI is InChI=1S/C42H36N2O6/c1-5-43(6-2)25-17-19-31-35(21-25)49-37-24-38-34(23-33(37)39(31)27-13-9-11-15-29(27)41(45)46)40(28-14-10-12-16-30(28)42(47)48)32-20-18-26(22-36(32)50-38)44(7-3)8-4/h9-24H,5-8H2,1-4H3. The molecule has 0 spiro atoms. The van der Waals surface area contributed by atoms with Crippen molar-refractivity contribution in [1.29, 1.82) is 0 Å². The minimum Gasteiger partial charge on any atom is -0.545 e. The van der Waals surface area contributed by atoms with E-state index in [2.05, 4.69) is 37.2 Å². The largest absolute Gasteiger partial charge is 0.545 e. The average Bonchev–Trinajstić information content (AvgIpc) is 3.13. The van der Waals surface area contributed by atoms with Crippen molar-refractivity contribution in [1.82, 2.24) is 4.58 Å². The van der Waals surface area contributed by atoms with Gasteiger partial charge in [0.05, 0.1) is 28.8 Å². The molecule has 0 fully saturated rings. The van der Waals surface area contributed by atoms with Crippen LogP contribution in [0.2, 0.25) is 0 Å². The van der Waals surface area contributed by atoms with E-state index in [0.29, 0.717) is 55.4 Å². The quantitative estimate of drug-likeness (QED) is 0.0986. The highest BCUT2D eigenvalue weighted by Gasteiger charge is 2.26. The molecule has 0 radical (unpaired) electrons. The topological polar surface area (TPSA) is 111 Å². The van der Waals surface area contributed by atoms with E-state index in [4.69, 9.17) is 8.83 Å². The smallest absolute Gasteiger partial charge is 0.368 e. The van der Waals surface area contributed by atoms with Crippen LogP contribution in [0.5, 0.6) is 0 Å². The van der Waals surface area contributed by atoms with E-state index in [1.54, 1.807) is 36.4 Å². The lowest BCUT2D eigenvalue weighted by Crippen LogP contribution is -2.29. The molecule has 0 amide bonds. The predicted octanol–water partition coefficient (Wildman–Crippen LogP) is 6.49. The third-order valence-electron chi connectivity index (χ3n) is 9.62.